The zero-order chi connectivity index (χ0) is 9.97. The van der Waals surface area contributed by atoms with Gasteiger partial charge in [0.05, 0.1) is 12.0 Å². The topological polar surface area (TPSA) is 27.0 Å². The molecule has 0 heterocycles. The Morgan fingerprint density at radius 2 is 1.93 bits per heavy atom. The van der Waals surface area contributed by atoms with E-state index in [1.807, 2.05) is 0 Å². The molecule has 0 amide bonds. The molecule has 2 saturated carbocycles. The molecule has 0 spiro atoms. The second kappa shape index (κ2) is 4.31. The maximum absolute atomic E-state index is 9.13. The third-order valence-electron chi connectivity index (χ3n) is 3.70. The van der Waals surface area contributed by atoms with Gasteiger partial charge in [-0.15, -0.1) is 0 Å². The van der Waals surface area contributed by atoms with Crippen molar-refractivity contribution < 1.29 is 0 Å². The second-order valence-corrected chi connectivity index (χ2v) is 4.65. The summed E-state index contributed by atoms with van der Waals surface area (Å²) in [6, 6.07) is 3.90. The van der Waals surface area contributed by atoms with Gasteiger partial charge in [-0.1, -0.05) is 19.8 Å². The Labute approximate surface area is 86.9 Å². The number of hydrogen-bond donors (Lipinski definition) is 0. The van der Waals surface area contributed by atoms with Crippen molar-refractivity contribution in [3.05, 3.63) is 0 Å². The summed E-state index contributed by atoms with van der Waals surface area (Å²) in [5.74, 6) is 0.310. The molecule has 14 heavy (non-hydrogen) atoms. The summed E-state index contributed by atoms with van der Waals surface area (Å²) in [5.41, 5.74) is 0. The lowest BCUT2D eigenvalue weighted by molar-refractivity contribution is 0.125. The smallest absolute Gasteiger partial charge is 0.0672 e. The summed E-state index contributed by atoms with van der Waals surface area (Å²) in [4.78, 5) is 2.59. The highest BCUT2D eigenvalue weighted by Gasteiger charge is 2.37. The Morgan fingerprint density at radius 1 is 1.21 bits per heavy atom. The highest BCUT2D eigenvalue weighted by atomic mass is 15.2. The predicted octanol–water partition coefficient (Wildman–Crippen LogP) is 2.55. The molecule has 2 aliphatic carbocycles. The van der Waals surface area contributed by atoms with E-state index in [0.717, 1.165) is 19.0 Å². The normalized spacial score (nSPS) is 32.9. The van der Waals surface area contributed by atoms with E-state index in [4.69, 9.17) is 5.26 Å². The van der Waals surface area contributed by atoms with Crippen LogP contribution in [0.3, 0.4) is 0 Å². The molecule has 0 aromatic rings. The average Bonchev–Trinajstić information content (AvgIpc) is 3.04. The standard InChI is InChI=1S/C12H20N2/c1-2-14(11-7-8-11)12-6-4-3-5-10(12)9-13/h10-12H,2-8H2,1H3. The number of nitriles is 1. The van der Waals surface area contributed by atoms with Gasteiger partial charge in [0, 0.05) is 12.1 Å². The summed E-state index contributed by atoms with van der Waals surface area (Å²) in [7, 11) is 0. The first-order chi connectivity index (χ1) is 6.86. The van der Waals surface area contributed by atoms with Gasteiger partial charge in [0.1, 0.15) is 0 Å². The molecule has 0 aromatic heterocycles. The molecule has 2 aliphatic rings. The fourth-order valence-corrected chi connectivity index (χ4v) is 2.83. The van der Waals surface area contributed by atoms with Gasteiger partial charge in [-0.2, -0.15) is 5.26 Å². The monoisotopic (exact) mass is 192 g/mol. The Balaban J connectivity index is 2.01. The van der Waals surface area contributed by atoms with Crippen molar-refractivity contribution in [3.63, 3.8) is 0 Å². The molecule has 2 nitrogen and oxygen atoms in total. The van der Waals surface area contributed by atoms with Crippen molar-refractivity contribution in [2.75, 3.05) is 6.54 Å². The van der Waals surface area contributed by atoms with Crippen LogP contribution >= 0.6 is 0 Å². The van der Waals surface area contributed by atoms with Crippen molar-refractivity contribution in [3.8, 4) is 6.07 Å². The molecule has 0 bridgehead atoms. The largest absolute Gasteiger partial charge is 0.296 e. The summed E-state index contributed by atoms with van der Waals surface area (Å²) in [6.07, 6.45) is 7.70. The first kappa shape index (κ1) is 9.98. The zero-order valence-corrected chi connectivity index (χ0v) is 9.08. The van der Waals surface area contributed by atoms with Crippen molar-refractivity contribution in [1.29, 1.82) is 5.26 Å². The van der Waals surface area contributed by atoms with Gasteiger partial charge in [-0.05, 0) is 32.2 Å². The molecule has 0 aromatic carbocycles. The van der Waals surface area contributed by atoms with Gasteiger partial charge >= 0.3 is 0 Å². The molecule has 0 radical (unpaired) electrons. The van der Waals surface area contributed by atoms with Gasteiger partial charge in [0.25, 0.3) is 0 Å². The molecule has 0 N–H and O–H groups in total. The van der Waals surface area contributed by atoms with Crippen LogP contribution in [0, 0.1) is 17.2 Å². The van der Waals surface area contributed by atoms with Crippen molar-refractivity contribution >= 4 is 0 Å². The molecule has 2 atom stereocenters. The van der Waals surface area contributed by atoms with Gasteiger partial charge in [-0.3, -0.25) is 4.90 Å². The first-order valence-corrected chi connectivity index (χ1v) is 6.02. The van der Waals surface area contributed by atoms with Crippen LogP contribution < -0.4 is 0 Å². The van der Waals surface area contributed by atoms with Gasteiger partial charge in [-0.25, -0.2) is 0 Å². The summed E-state index contributed by atoms with van der Waals surface area (Å²) < 4.78 is 0. The van der Waals surface area contributed by atoms with Crippen LogP contribution in [0.25, 0.3) is 0 Å². The van der Waals surface area contributed by atoms with E-state index in [9.17, 15) is 0 Å². The van der Waals surface area contributed by atoms with Crippen LogP contribution in [0.15, 0.2) is 0 Å². The lowest BCUT2D eigenvalue weighted by atomic mass is 9.84. The minimum absolute atomic E-state index is 0.310. The van der Waals surface area contributed by atoms with Gasteiger partial charge < -0.3 is 0 Å². The first-order valence-electron chi connectivity index (χ1n) is 6.02. The predicted molar refractivity (Wildman–Crippen MR) is 56.8 cm³/mol. The molecule has 2 unspecified atom stereocenters. The maximum atomic E-state index is 9.13. The third kappa shape index (κ3) is 1.93. The quantitative estimate of drug-likeness (QED) is 0.687. The fourth-order valence-electron chi connectivity index (χ4n) is 2.83. The van der Waals surface area contributed by atoms with Crippen LogP contribution in [0.2, 0.25) is 0 Å². The Bertz CT molecular complexity index is 227. The van der Waals surface area contributed by atoms with Crippen molar-refractivity contribution in [2.45, 2.75) is 57.5 Å². The van der Waals surface area contributed by atoms with E-state index in [1.54, 1.807) is 0 Å². The minimum Gasteiger partial charge on any atom is -0.296 e. The van der Waals surface area contributed by atoms with Crippen LogP contribution in [0.4, 0.5) is 0 Å². The molecule has 2 heteroatoms. The van der Waals surface area contributed by atoms with Crippen molar-refractivity contribution in [2.24, 2.45) is 5.92 Å². The molecular formula is C12H20N2. The average molecular weight is 192 g/mol. The van der Waals surface area contributed by atoms with Crippen LogP contribution in [-0.4, -0.2) is 23.5 Å². The zero-order valence-electron chi connectivity index (χ0n) is 9.08. The van der Waals surface area contributed by atoms with E-state index >= 15 is 0 Å². The molecule has 2 rings (SSSR count). The van der Waals surface area contributed by atoms with Crippen LogP contribution in [0.1, 0.15) is 45.4 Å². The molecular weight excluding hydrogens is 172 g/mol. The molecule has 2 fully saturated rings. The Kier molecular flexibility index (Phi) is 3.08. The van der Waals surface area contributed by atoms with Crippen LogP contribution in [0.5, 0.6) is 0 Å². The Morgan fingerprint density at radius 3 is 2.50 bits per heavy atom. The molecule has 0 aliphatic heterocycles. The number of rotatable bonds is 3. The maximum Gasteiger partial charge on any atom is 0.0672 e. The third-order valence-corrected chi connectivity index (χ3v) is 3.70. The van der Waals surface area contributed by atoms with Crippen LogP contribution in [-0.2, 0) is 0 Å². The lowest BCUT2D eigenvalue weighted by Crippen LogP contribution is -2.43. The van der Waals surface area contributed by atoms with E-state index in [1.165, 1.54) is 32.1 Å². The fraction of sp³-hybridized carbons (Fsp3) is 0.917. The number of hydrogen-bond acceptors (Lipinski definition) is 2. The lowest BCUT2D eigenvalue weighted by Gasteiger charge is -2.36. The molecule has 0 saturated heterocycles. The summed E-state index contributed by atoms with van der Waals surface area (Å²) >= 11 is 0. The molecule has 78 valence electrons. The number of nitrogens with zero attached hydrogens (tertiary/aromatic N) is 2. The summed E-state index contributed by atoms with van der Waals surface area (Å²) in [6.45, 7) is 3.37. The Hall–Kier alpha value is -0.550. The minimum atomic E-state index is 0.310. The second-order valence-electron chi connectivity index (χ2n) is 4.65. The van der Waals surface area contributed by atoms with E-state index in [2.05, 4.69) is 17.9 Å². The van der Waals surface area contributed by atoms with E-state index in [0.29, 0.717) is 12.0 Å². The van der Waals surface area contributed by atoms with Gasteiger partial charge in [0.15, 0.2) is 0 Å². The highest BCUT2D eigenvalue weighted by molar-refractivity contribution is 4.99. The highest BCUT2D eigenvalue weighted by Crippen LogP contribution is 2.35. The SMILES string of the molecule is CCN(C1CC1)C1CCCCC1C#N. The van der Waals surface area contributed by atoms with E-state index in [-0.39, 0.29) is 0 Å². The summed E-state index contributed by atoms with van der Waals surface area (Å²) in [5, 5.41) is 9.13. The van der Waals surface area contributed by atoms with E-state index < -0.39 is 0 Å². The van der Waals surface area contributed by atoms with Gasteiger partial charge in [0.2, 0.25) is 0 Å². The van der Waals surface area contributed by atoms with Crippen molar-refractivity contribution in [1.82, 2.24) is 4.90 Å².